The first kappa shape index (κ1) is 32.8. The topological polar surface area (TPSA) is 98.2 Å². The Bertz CT molecular complexity index is 1640. The Labute approximate surface area is 285 Å². The summed E-state index contributed by atoms with van der Waals surface area (Å²) in [6, 6.07) is 9.62. The lowest BCUT2D eigenvalue weighted by atomic mass is 9.82. The molecule has 2 aromatic heterocycles. The predicted molar refractivity (Wildman–Crippen MR) is 190 cm³/mol. The molecule has 0 amide bonds. The van der Waals surface area contributed by atoms with Gasteiger partial charge in [-0.05, 0) is 68.1 Å². The van der Waals surface area contributed by atoms with Crippen molar-refractivity contribution in [2.45, 2.75) is 78.8 Å². The van der Waals surface area contributed by atoms with E-state index in [-0.39, 0.29) is 6.42 Å². The number of nitrogens with zero attached hydrogens (tertiary/aromatic N) is 7. The summed E-state index contributed by atoms with van der Waals surface area (Å²) in [4.78, 5) is 36.2. The minimum atomic E-state index is -0.816. The zero-order chi connectivity index (χ0) is 33.4. The van der Waals surface area contributed by atoms with Crippen molar-refractivity contribution in [3.63, 3.8) is 0 Å². The summed E-state index contributed by atoms with van der Waals surface area (Å²) in [6.45, 7) is 18.0. The highest BCUT2D eigenvalue weighted by atomic mass is 16.5. The van der Waals surface area contributed by atoms with Crippen molar-refractivity contribution in [2.24, 2.45) is 5.41 Å². The molecule has 10 heteroatoms. The Morgan fingerprint density at radius 3 is 2.29 bits per heavy atom. The number of piperidine rings is 2. The van der Waals surface area contributed by atoms with Crippen LogP contribution in [0.3, 0.4) is 0 Å². The van der Waals surface area contributed by atoms with E-state index in [2.05, 4.69) is 69.6 Å². The van der Waals surface area contributed by atoms with Crippen molar-refractivity contribution >= 4 is 23.3 Å². The molecular weight excluding hydrogens is 602 g/mol. The van der Waals surface area contributed by atoms with E-state index in [4.69, 9.17) is 14.7 Å². The van der Waals surface area contributed by atoms with Crippen molar-refractivity contribution in [1.82, 2.24) is 19.9 Å². The van der Waals surface area contributed by atoms with Gasteiger partial charge in [0.1, 0.15) is 18.0 Å². The highest BCUT2D eigenvalue weighted by Gasteiger charge is 2.31. The van der Waals surface area contributed by atoms with Crippen LogP contribution in [0.4, 0.5) is 17.3 Å². The highest BCUT2D eigenvalue weighted by molar-refractivity contribution is 5.86. The number of rotatable bonds is 7. The second-order valence-electron chi connectivity index (χ2n) is 15.0. The molecule has 3 aromatic rings. The third-order valence-corrected chi connectivity index (χ3v) is 11.2. The summed E-state index contributed by atoms with van der Waals surface area (Å²) in [7, 11) is 0. The molecule has 0 aliphatic carbocycles. The first-order valence-corrected chi connectivity index (χ1v) is 17.9. The maximum atomic E-state index is 12.0. The van der Waals surface area contributed by atoms with E-state index in [1.807, 2.05) is 6.92 Å². The molecule has 3 saturated heterocycles. The number of carboxylic acids is 1. The van der Waals surface area contributed by atoms with Crippen LogP contribution in [0, 0.1) is 19.3 Å². The molecule has 48 heavy (non-hydrogen) atoms. The van der Waals surface area contributed by atoms with E-state index in [1.165, 1.54) is 11.1 Å². The molecule has 0 unspecified atom stereocenters. The molecule has 0 saturated carbocycles. The number of hydrogen-bond acceptors (Lipinski definition) is 9. The first-order valence-electron chi connectivity index (χ1n) is 17.9. The number of aromatic nitrogens is 3. The fourth-order valence-corrected chi connectivity index (χ4v) is 8.25. The lowest BCUT2D eigenvalue weighted by Crippen LogP contribution is -2.49. The van der Waals surface area contributed by atoms with Crippen LogP contribution in [-0.2, 0) is 28.9 Å². The van der Waals surface area contributed by atoms with Gasteiger partial charge in [0.2, 0.25) is 0 Å². The molecule has 0 radical (unpaired) electrons. The number of fused-ring (bicyclic) bond motifs is 1. The number of carbonyl (C=O) groups is 1. The molecule has 4 aliphatic rings. The van der Waals surface area contributed by atoms with Gasteiger partial charge in [0.25, 0.3) is 0 Å². The van der Waals surface area contributed by atoms with Gasteiger partial charge in [0.05, 0.1) is 25.3 Å². The normalized spacial score (nSPS) is 20.5. The SMILES string of the molecule is Cc1nc(C)c(-c2ccc3c(c2)CCN(c2cc(N4CCC(N5CCOCC5)CC4)ncn2)C3)c(N2CCC(C)(C)CC2)c1CC(=O)O. The Morgan fingerprint density at radius 1 is 0.875 bits per heavy atom. The van der Waals surface area contributed by atoms with E-state index in [0.717, 1.165) is 143 Å². The van der Waals surface area contributed by atoms with Gasteiger partial charge in [-0.1, -0.05) is 32.0 Å². The number of morpholine rings is 1. The minimum Gasteiger partial charge on any atom is -0.481 e. The lowest BCUT2D eigenvalue weighted by molar-refractivity contribution is -0.136. The van der Waals surface area contributed by atoms with Gasteiger partial charge in [-0.3, -0.25) is 14.7 Å². The second-order valence-corrected chi connectivity index (χ2v) is 15.0. The summed E-state index contributed by atoms with van der Waals surface area (Å²) in [5.74, 6) is 1.19. The number of ether oxygens (including phenoxy) is 1. The number of benzene rings is 1. The van der Waals surface area contributed by atoms with Gasteiger partial charge >= 0.3 is 5.97 Å². The summed E-state index contributed by atoms with van der Waals surface area (Å²) in [5.41, 5.74) is 8.84. The fraction of sp³-hybridized carbons (Fsp3) is 0.579. The molecule has 4 aliphatic heterocycles. The zero-order valence-corrected chi connectivity index (χ0v) is 29.2. The van der Waals surface area contributed by atoms with Gasteiger partial charge in [-0.2, -0.15) is 0 Å². The van der Waals surface area contributed by atoms with Crippen LogP contribution in [0.15, 0.2) is 30.6 Å². The van der Waals surface area contributed by atoms with Crippen molar-refractivity contribution < 1.29 is 14.6 Å². The fourth-order valence-electron chi connectivity index (χ4n) is 8.25. The Morgan fingerprint density at radius 2 is 1.58 bits per heavy atom. The van der Waals surface area contributed by atoms with Gasteiger partial charge in [0, 0.05) is 87.0 Å². The molecule has 3 fully saturated rings. The van der Waals surface area contributed by atoms with Gasteiger partial charge in [0.15, 0.2) is 0 Å². The van der Waals surface area contributed by atoms with E-state index >= 15 is 0 Å². The van der Waals surface area contributed by atoms with Crippen LogP contribution in [0.2, 0.25) is 0 Å². The third-order valence-electron chi connectivity index (χ3n) is 11.2. The monoisotopic (exact) mass is 653 g/mol. The standard InChI is InChI=1S/C38H51N7O3/c1-26-32(22-35(46)47)37(44-15-10-38(3,4)11-16-44)36(27(2)41-26)29-5-6-30-24-45(12-7-28(30)21-29)34-23-33(39-25-40-34)43-13-8-31(9-14-43)42-17-19-48-20-18-42/h5-6,21,23,25,31H,7-20,22,24H2,1-4H3,(H,46,47). The summed E-state index contributed by atoms with van der Waals surface area (Å²) >= 11 is 0. The van der Waals surface area contributed by atoms with Gasteiger partial charge in [-0.15, -0.1) is 0 Å². The summed E-state index contributed by atoms with van der Waals surface area (Å²) < 4.78 is 5.56. The van der Waals surface area contributed by atoms with Crippen LogP contribution < -0.4 is 14.7 Å². The van der Waals surface area contributed by atoms with Crippen LogP contribution >= 0.6 is 0 Å². The van der Waals surface area contributed by atoms with Crippen molar-refractivity contribution in [2.75, 3.05) is 73.7 Å². The quantitative estimate of drug-likeness (QED) is 0.363. The maximum Gasteiger partial charge on any atom is 0.307 e. The van der Waals surface area contributed by atoms with Crippen LogP contribution in [0.25, 0.3) is 11.1 Å². The predicted octanol–water partition coefficient (Wildman–Crippen LogP) is 5.27. The minimum absolute atomic E-state index is 0.0198. The molecule has 0 spiro atoms. The van der Waals surface area contributed by atoms with Gasteiger partial charge < -0.3 is 24.5 Å². The Kier molecular flexibility index (Phi) is 9.30. The van der Waals surface area contributed by atoms with Crippen molar-refractivity contribution in [3.8, 4) is 11.1 Å². The van der Waals surface area contributed by atoms with E-state index in [0.29, 0.717) is 11.5 Å². The van der Waals surface area contributed by atoms with Crippen LogP contribution in [-0.4, -0.2) is 96.0 Å². The molecule has 0 bridgehead atoms. The maximum absolute atomic E-state index is 12.0. The molecule has 10 nitrogen and oxygen atoms in total. The number of carboxylic acid groups (broad SMARTS) is 1. The average molecular weight is 654 g/mol. The van der Waals surface area contributed by atoms with Crippen LogP contribution in [0.1, 0.15) is 67.6 Å². The summed E-state index contributed by atoms with van der Waals surface area (Å²) in [6.07, 6.45) is 7.10. The third kappa shape index (κ3) is 6.87. The number of hydrogen-bond donors (Lipinski definition) is 1. The number of anilines is 3. The number of aryl methyl sites for hydroxylation is 2. The van der Waals surface area contributed by atoms with Gasteiger partial charge in [-0.25, -0.2) is 9.97 Å². The van der Waals surface area contributed by atoms with E-state index < -0.39 is 5.97 Å². The molecule has 6 heterocycles. The number of aliphatic carboxylic acids is 1. The molecule has 1 aromatic carbocycles. The van der Waals surface area contributed by atoms with Crippen LogP contribution in [0.5, 0.6) is 0 Å². The van der Waals surface area contributed by atoms with Crippen molar-refractivity contribution in [3.05, 3.63) is 58.7 Å². The molecule has 256 valence electrons. The Balaban J connectivity index is 1.10. The molecule has 0 atom stereocenters. The van der Waals surface area contributed by atoms with Crippen molar-refractivity contribution in [1.29, 1.82) is 0 Å². The van der Waals surface area contributed by atoms with E-state index in [9.17, 15) is 9.90 Å². The average Bonchev–Trinajstić information content (AvgIpc) is 3.09. The molecular formula is C38H51N7O3. The summed E-state index contributed by atoms with van der Waals surface area (Å²) in [5, 5.41) is 9.89. The number of pyridine rings is 1. The smallest absolute Gasteiger partial charge is 0.307 e. The highest BCUT2D eigenvalue weighted by Crippen LogP contribution is 2.42. The van der Waals surface area contributed by atoms with E-state index in [1.54, 1.807) is 6.33 Å². The lowest BCUT2D eigenvalue weighted by Gasteiger charge is -2.40. The molecule has 7 rings (SSSR count). The molecule has 1 N–H and O–H groups in total. The largest absolute Gasteiger partial charge is 0.481 e. The first-order chi connectivity index (χ1) is 23.1. The second kappa shape index (κ2) is 13.6. The Hall–Kier alpha value is -3.76. The zero-order valence-electron chi connectivity index (χ0n) is 29.2.